The first-order chi connectivity index (χ1) is 11.6. The van der Waals surface area contributed by atoms with Gasteiger partial charge in [-0.3, -0.25) is 4.98 Å². The van der Waals surface area contributed by atoms with Gasteiger partial charge in [-0.1, -0.05) is 23.7 Å². The van der Waals surface area contributed by atoms with Gasteiger partial charge >= 0.3 is 0 Å². The van der Waals surface area contributed by atoms with E-state index >= 15 is 0 Å². The highest BCUT2D eigenvalue weighted by Gasteiger charge is 2.18. The molecule has 3 aromatic rings. The number of benzene rings is 2. The number of fused-ring (bicyclic) bond motifs is 1. The summed E-state index contributed by atoms with van der Waals surface area (Å²) >= 11 is 6.04. The molecule has 1 aromatic heterocycles. The number of ether oxygens (including phenoxy) is 2. The first kappa shape index (κ1) is 16.3. The van der Waals surface area contributed by atoms with Crippen molar-refractivity contribution in [3.8, 4) is 11.5 Å². The highest BCUT2D eigenvalue weighted by atomic mass is 35.5. The molecule has 5 nitrogen and oxygen atoms in total. The zero-order chi connectivity index (χ0) is 17.1. The van der Waals surface area contributed by atoms with E-state index in [1.54, 1.807) is 6.20 Å². The molecule has 2 aromatic carbocycles. The number of aromatic nitrogens is 2. The number of halogens is 2. The molecule has 0 bridgehead atoms. The van der Waals surface area contributed by atoms with Crippen LogP contribution in [0.15, 0.2) is 36.5 Å². The molecule has 0 amide bonds. The summed E-state index contributed by atoms with van der Waals surface area (Å²) in [5.41, 5.74) is 1.90. The number of anilines is 1. The van der Waals surface area contributed by atoms with Gasteiger partial charge in [0.15, 0.2) is 11.6 Å². The molecule has 24 heavy (non-hydrogen) atoms. The molecule has 0 aliphatic rings. The number of hydrogen-bond donors (Lipinski definition) is 1. The van der Waals surface area contributed by atoms with Crippen molar-refractivity contribution in [3.05, 3.63) is 52.9 Å². The van der Waals surface area contributed by atoms with Gasteiger partial charge in [0.1, 0.15) is 16.6 Å². The summed E-state index contributed by atoms with van der Waals surface area (Å²) in [6.45, 7) is 0.183. The fourth-order valence-corrected chi connectivity index (χ4v) is 2.62. The van der Waals surface area contributed by atoms with Crippen LogP contribution in [0.3, 0.4) is 0 Å². The summed E-state index contributed by atoms with van der Waals surface area (Å²) in [5.74, 6) is 0.305. The molecule has 0 fully saturated rings. The Morgan fingerprint density at radius 3 is 2.62 bits per heavy atom. The molecule has 0 aliphatic heterocycles. The number of methoxy groups -OCH3 is 2. The van der Waals surface area contributed by atoms with Crippen LogP contribution in [0, 0.1) is 5.82 Å². The zero-order valence-electron chi connectivity index (χ0n) is 13.1. The standard InChI is InChI=1S/C17H15ClFN3O2/c1-23-13-7-10(16(19)17(24-2)15(13)18)8-21-14-9-20-11-5-3-4-6-12(11)22-14/h3-7,9H,8H2,1-2H3,(H,21,22). The molecule has 0 saturated carbocycles. The van der Waals surface area contributed by atoms with Gasteiger partial charge in [-0.2, -0.15) is 0 Å². The van der Waals surface area contributed by atoms with E-state index in [9.17, 15) is 4.39 Å². The van der Waals surface area contributed by atoms with E-state index in [1.165, 1.54) is 20.3 Å². The molecule has 0 atom stereocenters. The lowest BCUT2D eigenvalue weighted by Gasteiger charge is -2.14. The molecule has 7 heteroatoms. The van der Waals surface area contributed by atoms with Crippen LogP contribution in [0.1, 0.15) is 5.56 Å². The maximum atomic E-state index is 14.5. The van der Waals surface area contributed by atoms with E-state index in [-0.39, 0.29) is 17.3 Å². The molecule has 0 aliphatic carbocycles. The van der Waals surface area contributed by atoms with Gasteiger partial charge in [0, 0.05) is 12.1 Å². The van der Waals surface area contributed by atoms with Gasteiger partial charge in [0.2, 0.25) is 0 Å². The fourth-order valence-electron chi connectivity index (χ4n) is 2.32. The summed E-state index contributed by atoms with van der Waals surface area (Å²) in [7, 11) is 2.82. The average molecular weight is 348 g/mol. The maximum Gasteiger partial charge on any atom is 0.177 e. The molecule has 124 valence electrons. The topological polar surface area (TPSA) is 56.3 Å². The molecule has 0 saturated heterocycles. The first-order valence-corrected chi connectivity index (χ1v) is 7.56. The van der Waals surface area contributed by atoms with Crippen molar-refractivity contribution < 1.29 is 13.9 Å². The van der Waals surface area contributed by atoms with Gasteiger partial charge in [-0.15, -0.1) is 0 Å². The van der Waals surface area contributed by atoms with Crippen molar-refractivity contribution in [2.24, 2.45) is 0 Å². The van der Waals surface area contributed by atoms with Crippen molar-refractivity contribution in [2.45, 2.75) is 6.54 Å². The van der Waals surface area contributed by atoms with Crippen molar-refractivity contribution in [1.82, 2.24) is 9.97 Å². The zero-order valence-corrected chi connectivity index (χ0v) is 13.9. The third kappa shape index (κ3) is 3.05. The van der Waals surface area contributed by atoms with E-state index in [0.717, 1.165) is 11.0 Å². The van der Waals surface area contributed by atoms with Crippen LogP contribution >= 0.6 is 11.6 Å². The van der Waals surface area contributed by atoms with Crippen LogP contribution in [0.5, 0.6) is 11.5 Å². The van der Waals surface area contributed by atoms with E-state index in [0.29, 0.717) is 17.1 Å². The largest absolute Gasteiger partial charge is 0.495 e. The first-order valence-electron chi connectivity index (χ1n) is 7.18. The fraction of sp³-hybridized carbons (Fsp3) is 0.176. The number of rotatable bonds is 5. The minimum atomic E-state index is -0.537. The highest BCUT2D eigenvalue weighted by molar-refractivity contribution is 6.33. The van der Waals surface area contributed by atoms with Crippen LogP contribution in [-0.2, 0) is 6.54 Å². The third-order valence-corrected chi connectivity index (χ3v) is 3.89. The molecule has 1 N–H and O–H groups in total. The summed E-state index contributed by atoms with van der Waals surface area (Å²) < 4.78 is 24.6. The third-order valence-electron chi connectivity index (χ3n) is 3.53. The van der Waals surface area contributed by atoms with Crippen molar-refractivity contribution in [2.75, 3.05) is 19.5 Å². The van der Waals surface area contributed by atoms with E-state index < -0.39 is 5.82 Å². The SMILES string of the molecule is COc1cc(CNc2cnc3ccccc3n2)c(F)c(OC)c1Cl. The molecule has 3 rings (SSSR count). The predicted octanol–water partition coefficient (Wildman–Crippen LogP) is 4.05. The molecule has 0 spiro atoms. The predicted molar refractivity (Wildman–Crippen MR) is 91.4 cm³/mol. The Hall–Kier alpha value is -2.60. The second kappa shape index (κ2) is 6.88. The summed E-state index contributed by atoms with van der Waals surface area (Å²) in [6, 6.07) is 9.05. The Balaban J connectivity index is 1.87. The number of nitrogens with one attached hydrogen (secondary N) is 1. The van der Waals surface area contributed by atoms with Crippen LogP contribution in [0.2, 0.25) is 5.02 Å². The van der Waals surface area contributed by atoms with Crippen LogP contribution < -0.4 is 14.8 Å². The number of nitrogens with zero attached hydrogens (tertiary/aromatic N) is 2. The lowest BCUT2D eigenvalue weighted by atomic mass is 10.1. The lowest BCUT2D eigenvalue weighted by Crippen LogP contribution is -2.06. The minimum Gasteiger partial charge on any atom is -0.495 e. The van der Waals surface area contributed by atoms with Crippen LogP contribution in [-0.4, -0.2) is 24.2 Å². The number of para-hydroxylation sites is 2. The maximum absolute atomic E-state index is 14.5. The molecular weight excluding hydrogens is 333 g/mol. The Kier molecular flexibility index (Phi) is 4.66. The smallest absolute Gasteiger partial charge is 0.177 e. The second-order valence-electron chi connectivity index (χ2n) is 5.00. The van der Waals surface area contributed by atoms with Crippen LogP contribution in [0.4, 0.5) is 10.2 Å². The normalized spacial score (nSPS) is 10.7. The van der Waals surface area contributed by atoms with E-state index in [2.05, 4.69) is 15.3 Å². The van der Waals surface area contributed by atoms with E-state index in [4.69, 9.17) is 21.1 Å². The molecule has 1 heterocycles. The van der Waals surface area contributed by atoms with Gasteiger partial charge in [-0.25, -0.2) is 9.37 Å². The summed E-state index contributed by atoms with van der Waals surface area (Å²) in [4.78, 5) is 8.75. The average Bonchev–Trinajstić information content (AvgIpc) is 2.61. The summed E-state index contributed by atoms with van der Waals surface area (Å²) in [5, 5.41) is 3.15. The van der Waals surface area contributed by atoms with Crippen LogP contribution in [0.25, 0.3) is 11.0 Å². The van der Waals surface area contributed by atoms with Gasteiger partial charge in [0.25, 0.3) is 0 Å². The Bertz CT molecular complexity index is 889. The number of hydrogen-bond acceptors (Lipinski definition) is 5. The molecular formula is C17H15ClFN3O2. The minimum absolute atomic E-state index is 0.0441. The molecule has 0 radical (unpaired) electrons. The monoisotopic (exact) mass is 347 g/mol. The highest BCUT2D eigenvalue weighted by Crippen LogP contribution is 2.38. The van der Waals surface area contributed by atoms with Crippen molar-refractivity contribution in [1.29, 1.82) is 0 Å². The molecule has 0 unspecified atom stereocenters. The Labute approximate surface area is 143 Å². The van der Waals surface area contributed by atoms with Crippen molar-refractivity contribution in [3.63, 3.8) is 0 Å². The Morgan fingerprint density at radius 1 is 1.17 bits per heavy atom. The second-order valence-corrected chi connectivity index (χ2v) is 5.37. The Morgan fingerprint density at radius 2 is 1.92 bits per heavy atom. The van der Waals surface area contributed by atoms with Crippen molar-refractivity contribution >= 4 is 28.5 Å². The lowest BCUT2D eigenvalue weighted by molar-refractivity contribution is 0.372. The summed E-state index contributed by atoms with van der Waals surface area (Å²) in [6.07, 6.45) is 1.60. The quantitative estimate of drug-likeness (QED) is 0.754. The van der Waals surface area contributed by atoms with Gasteiger partial charge in [0.05, 0.1) is 31.4 Å². The van der Waals surface area contributed by atoms with E-state index in [1.807, 2.05) is 24.3 Å². The van der Waals surface area contributed by atoms with Gasteiger partial charge < -0.3 is 14.8 Å². The van der Waals surface area contributed by atoms with Gasteiger partial charge in [-0.05, 0) is 18.2 Å².